The van der Waals surface area contributed by atoms with Crippen LogP contribution in [0.4, 0.5) is 11.4 Å². The van der Waals surface area contributed by atoms with Gasteiger partial charge in [-0.3, -0.25) is 9.10 Å². The number of amides is 1. The van der Waals surface area contributed by atoms with Gasteiger partial charge >= 0.3 is 0 Å². The van der Waals surface area contributed by atoms with Gasteiger partial charge in [-0.2, -0.15) is 0 Å². The van der Waals surface area contributed by atoms with Gasteiger partial charge in [0, 0.05) is 17.8 Å². The molecule has 3 aromatic carbocycles. The monoisotopic (exact) mass is 484 g/mol. The first-order valence-corrected chi connectivity index (χ1v) is 11.9. The minimum Gasteiger partial charge on any atom is -0.497 e. The summed E-state index contributed by atoms with van der Waals surface area (Å²) in [5.74, 6) is 1.22. The van der Waals surface area contributed by atoms with E-state index in [-0.39, 0.29) is 16.3 Å². The minimum absolute atomic E-state index is 0.0343. The van der Waals surface area contributed by atoms with Crippen molar-refractivity contribution >= 4 is 27.3 Å². The number of carbonyl (C=O) groups is 1. The number of benzene rings is 3. The first kappa shape index (κ1) is 23.2. The summed E-state index contributed by atoms with van der Waals surface area (Å²) in [5.41, 5.74) is 0.618. The number of fused-ring (bicyclic) bond motifs is 1. The third-order valence-corrected chi connectivity index (χ3v) is 6.87. The van der Waals surface area contributed by atoms with Gasteiger partial charge in [-0.05, 0) is 36.4 Å². The standard InChI is InChI=1S/C24H24N2O7S/c1-30-18-9-11-21(31-2)20(15-18)26(34(28,29)19-6-4-3-5-7-19)16-24(27)25-17-8-10-22-23(14-17)33-13-12-32-22/h3-11,14-15H,12-13,16H2,1-2H3,(H,25,27). The van der Waals surface area contributed by atoms with Crippen molar-refractivity contribution in [2.24, 2.45) is 0 Å². The van der Waals surface area contributed by atoms with E-state index in [1.807, 2.05) is 0 Å². The lowest BCUT2D eigenvalue weighted by Crippen LogP contribution is -2.38. The molecule has 1 aliphatic rings. The third-order valence-electron chi connectivity index (χ3n) is 5.10. The van der Waals surface area contributed by atoms with Crippen LogP contribution in [0.1, 0.15) is 0 Å². The highest BCUT2D eigenvalue weighted by atomic mass is 32.2. The topological polar surface area (TPSA) is 103 Å². The number of nitrogens with zero attached hydrogens (tertiary/aromatic N) is 1. The average molecular weight is 485 g/mol. The zero-order valence-corrected chi connectivity index (χ0v) is 19.5. The van der Waals surface area contributed by atoms with E-state index in [9.17, 15) is 13.2 Å². The summed E-state index contributed by atoms with van der Waals surface area (Å²) in [7, 11) is -1.23. The van der Waals surface area contributed by atoms with Gasteiger partial charge in [-0.1, -0.05) is 18.2 Å². The number of sulfonamides is 1. The molecule has 34 heavy (non-hydrogen) atoms. The molecule has 0 atom stereocenters. The molecule has 3 aromatic rings. The Labute approximate surface area is 197 Å². The van der Waals surface area contributed by atoms with Gasteiger partial charge < -0.3 is 24.3 Å². The van der Waals surface area contributed by atoms with Crippen LogP contribution in [0.2, 0.25) is 0 Å². The number of carbonyl (C=O) groups excluding carboxylic acids is 1. The summed E-state index contributed by atoms with van der Waals surface area (Å²) in [5, 5.41) is 2.73. The molecule has 0 unspecified atom stereocenters. The minimum atomic E-state index is -4.12. The number of hydrogen-bond acceptors (Lipinski definition) is 7. The second kappa shape index (κ2) is 9.92. The Hall–Kier alpha value is -3.92. The van der Waals surface area contributed by atoms with Crippen molar-refractivity contribution in [1.82, 2.24) is 0 Å². The van der Waals surface area contributed by atoms with Crippen LogP contribution in [0, 0.1) is 0 Å². The molecule has 0 spiro atoms. The molecule has 10 heteroatoms. The maximum absolute atomic E-state index is 13.6. The van der Waals surface area contributed by atoms with Crippen LogP contribution >= 0.6 is 0 Å². The first-order chi connectivity index (χ1) is 16.4. The molecule has 178 valence electrons. The van der Waals surface area contributed by atoms with E-state index in [1.54, 1.807) is 48.5 Å². The van der Waals surface area contributed by atoms with Gasteiger partial charge in [0.05, 0.1) is 24.8 Å². The molecule has 1 aliphatic heterocycles. The zero-order chi connectivity index (χ0) is 24.1. The zero-order valence-electron chi connectivity index (χ0n) is 18.7. The lowest BCUT2D eigenvalue weighted by Gasteiger charge is -2.26. The molecule has 4 rings (SSSR count). The summed E-state index contributed by atoms with van der Waals surface area (Å²) in [6.07, 6.45) is 0. The summed E-state index contributed by atoms with van der Waals surface area (Å²) in [6, 6.07) is 17.6. The maximum Gasteiger partial charge on any atom is 0.264 e. The third kappa shape index (κ3) is 4.86. The van der Waals surface area contributed by atoms with Gasteiger partial charge in [0.2, 0.25) is 5.91 Å². The molecule has 9 nitrogen and oxygen atoms in total. The van der Waals surface area contributed by atoms with Crippen molar-refractivity contribution in [3.05, 3.63) is 66.7 Å². The molecule has 1 amide bonds. The lowest BCUT2D eigenvalue weighted by molar-refractivity contribution is -0.114. The molecule has 0 saturated carbocycles. The Morgan fingerprint density at radius 2 is 1.68 bits per heavy atom. The molecule has 0 aromatic heterocycles. The first-order valence-electron chi connectivity index (χ1n) is 10.4. The lowest BCUT2D eigenvalue weighted by atomic mass is 10.2. The fourth-order valence-electron chi connectivity index (χ4n) is 3.46. The van der Waals surface area contributed by atoms with Crippen molar-refractivity contribution in [1.29, 1.82) is 0 Å². The second-order valence-corrected chi connectivity index (χ2v) is 9.13. The number of hydrogen-bond donors (Lipinski definition) is 1. The highest BCUT2D eigenvalue weighted by Crippen LogP contribution is 2.36. The van der Waals surface area contributed by atoms with Gasteiger partial charge in [0.15, 0.2) is 11.5 Å². The number of methoxy groups -OCH3 is 2. The molecule has 0 aliphatic carbocycles. The number of rotatable bonds is 8. The quantitative estimate of drug-likeness (QED) is 0.523. The molecular formula is C24H24N2O7S. The SMILES string of the molecule is COc1ccc(OC)c(N(CC(=O)Nc2ccc3c(c2)OCCO3)S(=O)(=O)c2ccccc2)c1. The van der Waals surface area contributed by atoms with E-state index in [0.29, 0.717) is 36.1 Å². The Kier molecular flexibility index (Phi) is 6.78. The molecule has 0 bridgehead atoms. The van der Waals surface area contributed by atoms with Gasteiger partial charge in [0.25, 0.3) is 10.0 Å². The predicted octanol–water partition coefficient (Wildman–Crippen LogP) is 3.31. The van der Waals surface area contributed by atoms with Crippen LogP contribution < -0.4 is 28.6 Å². The maximum atomic E-state index is 13.6. The largest absolute Gasteiger partial charge is 0.497 e. The molecule has 0 fully saturated rings. The second-order valence-electron chi connectivity index (χ2n) is 7.27. The van der Waals surface area contributed by atoms with Gasteiger partial charge in [-0.25, -0.2) is 8.42 Å². The van der Waals surface area contributed by atoms with Crippen molar-refractivity contribution < 1.29 is 32.2 Å². The smallest absolute Gasteiger partial charge is 0.264 e. The van der Waals surface area contributed by atoms with Crippen LogP contribution in [0.15, 0.2) is 71.6 Å². The Bertz CT molecular complexity index is 1280. The summed E-state index contributed by atoms with van der Waals surface area (Å²) in [4.78, 5) is 13.1. The highest BCUT2D eigenvalue weighted by molar-refractivity contribution is 7.92. The summed E-state index contributed by atoms with van der Waals surface area (Å²) < 4.78 is 49.9. The van der Waals surface area contributed by atoms with Crippen molar-refractivity contribution in [2.75, 3.05) is 43.6 Å². The molecule has 0 radical (unpaired) electrons. The van der Waals surface area contributed by atoms with Crippen LogP contribution in [0.5, 0.6) is 23.0 Å². The fraction of sp³-hybridized carbons (Fsp3) is 0.208. The van der Waals surface area contributed by atoms with E-state index in [4.69, 9.17) is 18.9 Å². The summed E-state index contributed by atoms with van der Waals surface area (Å²) >= 11 is 0. The molecule has 1 heterocycles. The van der Waals surface area contributed by atoms with Gasteiger partial charge in [-0.15, -0.1) is 0 Å². The van der Waals surface area contributed by atoms with E-state index >= 15 is 0 Å². The van der Waals surface area contributed by atoms with E-state index in [1.165, 1.54) is 32.4 Å². The van der Waals surface area contributed by atoms with Gasteiger partial charge in [0.1, 0.15) is 31.3 Å². The fourth-order valence-corrected chi connectivity index (χ4v) is 4.91. The number of ether oxygens (including phenoxy) is 4. The van der Waals surface area contributed by atoms with Crippen molar-refractivity contribution in [3.63, 3.8) is 0 Å². The Balaban J connectivity index is 1.68. The molecular weight excluding hydrogens is 460 g/mol. The van der Waals surface area contributed by atoms with Crippen LogP contribution in [-0.4, -0.2) is 48.3 Å². The molecule has 0 saturated heterocycles. The van der Waals surface area contributed by atoms with Crippen molar-refractivity contribution in [3.8, 4) is 23.0 Å². The van der Waals surface area contributed by atoms with E-state index in [0.717, 1.165) is 4.31 Å². The van der Waals surface area contributed by atoms with Crippen molar-refractivity contribution in [2.45, 2.75) is 4.90 Å². The Morgan fingerprint density at radius 3 is 2.38 bits per heavy atom. The normalized spacial score (nSPS) is 12.5. The Morgan fingerprint density at radius 1 is 0.941 bits per heavy atom. The predicted molar refractivity (Wildman–Crippen MR) is 127 cm³/mol. The number of nitrogens with one attached hydrogen (secondary N) is 1. The van der Waals surface area contributed by atoms with Crippen LogP contribution in [0.25, 0.3) is 0 Å². The highest BCUT2D eigenvalue weighted by Gasteiger charge is 2.30. The molecule has 1 N–H and O–H groups in total. The summed E-state index contributed by atoms with van der Waals surface area (Å²) in [6.45, 7) is 0.353. The van der Waals surface area contributed by atoms with Crippen LogP contribution in [-0.2, 0) is 14.8 Å². The average Bonchev–Trinajstić information content (AvgIpc) is 2.87. The van der Waals surface area contributed by atoms with E-state index in [2.05, 4.69) is 5.32 Å². The number of anilines is 2. The van der Waals surface area contributed by atoms with E-state index < -0.39 is 22.5 Å². The van der Waals surface area contributed by atoms with Crippen LogP contribution in [0.3, 0.4) is 0 Å².